The molecule has 4 aromatic rings. The third kappa shape index (κ3) is 5.12. The molecule has 12 heteroatoms. The number of carbonyl (C=O) groups excluding carboxylic acids is 1. The van der Waals surface area contributed by atoms with Crippen LogP contribution in [0.4, 0.5) is 36.4 Å². The van der Waals surface area contributed by atoms with E-state index in [9.17, 15) is 26.7 Å². The summed E-state index contributed by atoms with van der Waals surface area (Å²) < 4.78 is 118. The second-order valence-electron chi connectivity index (χ2n) is 8.89. The van der Waals surface area contributed by atoms with Crippen LogP contribution in [0.3, 0.4) is 0 Å². The van der Waals surface area contributed by atoms with Gasteiger partial charge in [0.15, 0.2) is 29.0 Å². The predicted molar refractivity (Wildman–Crippen MR) is 132 cm³/mol. The van der Waals surface area contributed by atoms with Crippen LogP contribution in [0.15, 0.2) is 66.7 Å². The van der Waals surface area contributed by atoms with Gasteiger partial charge < -0.3 is 14.2 Å². The Hall–Kier alpha value is -4.74. The number of hydrogen-bond acceptors (Lipinski definition) is 4. The number of nitrogens with zero attached hydrogens (tertiary/aromatic N) is 1. The van der Waals surface area contributed by atoms with Crippen molar-refractivity contribution in [1.82, 2.24) is 0 Å². The Balaban J connectivity index is 1.61. The third-order valence-corrected chi connectivity index (χ3v) is 6.29. The van der Waals surface area contributed by atoms with Crippen molar-refractivity contribution >= 4 is 11.6 Å². The van der Waals surface area contributed by atoms with Crippen molar-refractivity contribution in [2.75, 3.05) is 12.0 Å². The molecule has 0 aliphatic carbocycles. The highest BCUT2D eigenvalue weighted by Crippen LogP contribution is 2.46. The maximum absolute atomic E-state index is 15.5. The lowest BCUT2D eigenvalue weighted by molar-refractivity contribution is -0.193. The summed E-state index contributed by atoms with van der Waals surface area (Å²) in [6.07, 6.45) is -4.40. The topological polar surface area (TPSA) is 48.0 Å². The highest BCUT2D eigenvalue weighted by Gasteiger charge is 2.51. The van der Waals surface area contributed by atoms with Gasteiger partial charge in [-0.25, -0.2) is 17.6 Å². The maximum Gasteiger partial charge on any atom is 0.482 e. The molecule has 212 valence electrons. The number of amides is 1. The third-order valence-electron chi connectivity index (χ3n) is 6.29. The zero-order valence-electron chi connectivity index (χ0n) is 21.0. The minimum absolute atomic E-state index is 0.329. The van der Waals surface area contributed by atoms with E-state index < -0.39 is 82.6 Å². The summed E-state index contributed by atoms with van der Waals surface area (Å²) in [5, 5.41) is 0. The van der Waals surface area contributed by atoms with E-state index in [1.165, 1.54) is 31.4 Å². The molecule has 0 bridgehead atoms. The average Bonchev–Trinajstić information content (AvgIpc) is 2.96. The standard InChI is InChI=1S/C29H18F7NO4/c1-39-17-9-7-15(8-10-17)13-37-20-11-18(19(30)12-21(20)41-29(35,36)28(37)38)22-23(31)25(33)26(34)27(24(22)32)40-14-16-5-3-2-4-6-16/h2-12H,13-14H2,1H3. The SMILES string of the molecule is COc1ccc(CN2C(=O)C(F)(F)Oc3cc(F)c(-c4c(F)c(F)c(F)c(OCc5ccccc5)c4F)cc32)cc1. The van der Waals surface area contributed by atoms with Crippen molar-refractivity contribution in [1.29, 1.82) is 0 Å². The van der Waals surface area contributed by atoms with Gasteiger partial charge >= 0.3 is 12.0 Å². The van der Waals surface area contributed by atoms with Gasteiger partial charge in [-0.2, -0.15) is 13.2 Å². The van der Waals surface area contributed by atoms with Gasteiger partial charge in [-0.05, 0) is 29.3 Å². The summed E-state index contributed by atoms with van der Waals surface area (Å²) in [5.74, 6) is -13.1. The highest BCUT2D eigenvalue weighted by molar-refractivity contribution is 6.01. The zero-order valence-corrected chi connectivity index (χ0v) is 21.0. The lowest BCUT2D eigenvalue weighted by Gasteiger charge is -2.34. The number of hydrogen-bond donors (Lipinski definition) is 0. The van der Waals surface area contributed by atoms with Crippen molar-refractivity contribution in [3.63, 3.8) is 0 Å². The number of rotatable bonds is 7. The van der Waals surface area contributed by atoms with E-state index in [0.29, 0.717) is 33.9 Å². The van der Waals surface area contributed by atoms with Crippen LogP contribution in [0.1, 0.15) is 11.1 Å². The lowest BCUT2D eigenvalue weighted by atomic mass is 10.00. The van der Waals surface area contributed by atoms with Crippen LogP contribution in [-0.4, -0.2) is 19.1 Å². The second-order valence-corrected chi connectivity index (χ2v) is 8.89. The number of anilines is 1. The first-order valence-corrected chi connectivity index (χ1v) is 11.9. The molecule has 0 aromatic heterocycles. The number of alkyl halides is 2. The molecule has 1 heterocycles. The summed E-state index contributed by atoms with van der Waals surface area (Å²) in [7, 11) is 1.40. The van der Waals surface area contributed by atoms with E-state index in [4.69, 9.17) is 9.47 Å². The van der Waals surface area contributed by atoms with E-state index in [-0.39, 0.29) is 0 Å². The molecule has 5 rings (SSSR count). The Morgan fingerprint density at radius 3 is 2.17 bits per heavy atom. The molecule has 0 spiro atoms. The van der Waals surface area contributed by atoms with Gasteiger partial charge in [0.25, 0.3) is 0 Å². The number of ether oxygens (including phenoxy) is 3. The van der Waals surface area contributed by atoms with Crippen molar-refractivity contribution in [3.8, 4) is 28.4 Å². The summed E-state index contributed by atoms with van der Waals surface area (Å²) in [6, 6.07) is 14.9. The van der Waals surface area contributed by atoms with Crippen molar-refractivity contribution < 1.29 is 49.7 Å². The molecule has 0 radical (unpaired) electrons. The summed E-state index contributed by atoms with van der Waals surface area (Å²) in [5.41, 5.74) is -2.10. The Labute approximate surface area is 228 Å². The first-order valence-electron chi connectivity index (χ1n) is 11.9. The number of methoxy groups -OCH3 is 1. The summed E-state index contributed by atoms with van der Waals surface area (Å²) in [6.45, 7) is -0.938. The van der Waals surface area contributed by atoms with E-state index in [2.05, 4.69) is 4.74 Å². The first kappa shape index (κ1) is 27.8. The van der Waals surface area contributed by atoms with Crippen LogP contribution >= 0.6 is 0 Å². The smallest absolute Gasteiger partial charge is 0.482 e. The van der Waals surface area contributed by atoms with Crippen molar-refractivity contribution in [2.45, 2.75) is 19.3 Å². The number of fused-ring (bicyclic) bond motifs is 1. The maximum atomic E-state index is 15.5. The quantitative estimate of drug-likeness (QED) is 0.133. The Kier molecular flexibility index (Phi) is 7.24. The predicted octanol–water partition coefficient (Wildman–Crippen LogP) is 7.16. The van der Waals surface area contributed by atoms with Crippen LogP contribution in [0, 0.1) is 29.1 Å². The van der Waals surface area contributed by atoms with Gasteiger partial charge in [0.05, 0.1) is 24.9 Å². The molecule has 0 saturated heterocycles. The van der Waals surface area contributed by atoms with Crippen LogP contribution < -0.4 is 19.1 Å². The zero-order chi connectivity index (χ0) is 29.5. The molecule has 1 amide bonds. The van der Waals surface area contributed by atoms with Gasteiger partial charge in [0.2, 0.25) is 5.82 Å². The van der Waals surface area contributed by atoms with Gasteiger partial charge in [-0.15, -0.1) is 0 Å². The summed E-state index contributed by atoms with van der Waals surface area (Å²) >= 11 is 0. The molecule has 0 saturated carbocycles. The molecular formula is C29H18F7NO4. The number of benzene rings is 4. The van der Waals surface area contributed by atoms with E-state index in [1.807, 2.05) is 0 Å². The Morgan fingerprint density at radius 2 is 1.51 bits per heavy atom. The molecule has 5 nitrogen and oxygen atoms in total. The lowest BCUT2D eigenvalue weighted by Crippen LogP contribution is -2.50. The Morgan fingerprint density at radius 1 is 0.829 bits per heavy atom. The van der Waals surface area contributed by atoms with E-state index in [0.717, 1.165) is 0 Å². The minimum atomic E-state index is -4.40. The fourth-order valence-electron chi connectivity index (χ4n) is 4.25. The van der Waals surface area contributed by atoms with Crippen LogP contribution in [0.5, 0.6) is 17.2 Å². The van der Waals surface area contributed by atoms with Gasteiger partial charge in [-0.1, -0.05) is 42.5 Å². The molecule has 41 heavy (non-hydrogen) atoms. The molecule has 0 atom stereocenters. The molecule has 4 aromatic carbocycles. The molecule has 0 fully saturated rings. The van der Waals surface area contributed by atoms with Crippen LogP contribution in [0.25, 0.3) is 11.1 Å². The van der Waals surface area contributed by atoms with Crippen molar-refractivity contribution in [2.24, 2.45) is 0 Å². The number of halogens is 7. The fraction of sp³-hybridized carbons (Fsp3) is 0.138. The largest absolute Gasteiger partial charge is 0.497 e. The molecule has 1 aliphatic heterocycles. The van der Waals surface area contributed by atoms with E-state index >= 15 is 8.78 Å². The first-order chi connectivity index (χ1) is 19.5. The minimum Gasteiger partial charge on any atom is -0.497 e. The second kappa shape index (κ2) is 10.7. The van der Waals surface area contributed by atoms with Gasteiger partial charge in [0, 0.05) is 11.6 Å². The van der Waals surface area contributed by atoms with E-state index in [1.54, 1.807) is 30.3 Å². The normalized spacial score (nSPS) is 14.0. The highest BCUT2D eigenvalue weighted by atomic mass is 19.3. The molecule has 0 N–H and O–H groups in total. The van der Waals surface area contributed by atoms with Crippen LogP contribution in [0.2, 0.25) is 0 Å². The average molecular weight is 577 g/mol. The monoisotopic (exact) mass is 577 g/mol. The molecule has 0 unspecified atom stereocenters. The molecular weight excluding hydrogens is 559 g/mol. The summed E-state index contributed by atoms with van der Waals surface area (Å²) in [4.78, 5) is 13.2. The molecule has 1 aliphatic rings. The van der Waals surface area contributed by atoms with Gasteiger partial charge in [0.1, 0.15) is 18.2 Å². The fourth-order valence-corrected chi connectivity index (χ4v) is 4.25. The number of carbonyl (C=O) groups is 1. The van der Waals surface area contributed by atoms with Crippen molar-refractivity contribution in [3.05, 3.63) is 107 Å². The Bertz CT molecular complexity index is 1630. The van der Waals surface area contributed by atoms with Gasteiger partial charge in [-0.3, -0.25) is 9.69 Å². The van der Waals surface area contributed by atoms with Crippen LogP contribution in [-0.2, 0) is 17.9 Å².